The molecule has 1 heterocycles. The van der Waals surface area contributed by atoms with Gasteiger partial charge in [0, 0.05) is 25.0 Å². The smallest absolute Gasteiger partial charge is 0.225 e. The third kappa shape index (κ3) is 3.95. The van der Waals surface area contributed by atoms with Gasteiger partial charge in [-0.25, -0.2) is 0 Å². The van der Waals surface area contributed by atoms with E-state index in [1.807, 2.05) is 0 Å². The lowest BCUT2D eigenvalue weighted by Crippen LogP contribution is -2.45. The zero-order valence-corrected chi connectivity index (χ0v) is 14.3. The quantitative estimate of drug-likeness (QED) is 0.901. The van der Waals surface area contributed by atoms with Crippen molar-refractivity contribution in [2.24, 2.45) is 5.92 Å². The Kier molecular flexibility index (Phi) is 5.71. The average Bonchev–Trinajstić information content (AvgIpc) is 3.14. The number of carbonyl (C=O) groups is 1. The van der Waals surface area contributed by atoms with E-state index < -0.39 is 0 Å². The number of hydrogen-bond acceptors (Lipinski definition) is 2. The van der Waals surface area contributed by atoms with Crippen LogP contribution in [0.3, 0.4) is 0 Å². The van der Waals surface area contributed by atoms with Crippen LogP contribution in [0.4, 0.5) is 0 Å². The minimum atomic E-state index is 0.252. The van der Waals surface area contributed by atoms with Crippen LogP contribution in [0, 0.1) is 5.92 Å². The van der Waals surface area contributed by atoms with Gasteiger partial charge in [0.25, 0.3) is 0 Å². The normalized spacial score (nSPS) is 27.8. The van der Waals surface area contributed by atoms with Gasteiger partial charge in [0.1, 0.15) is 0 Å². The molecular formula is C20H30N2O. The predicted octanol–water partition coefficient (Wildman–Crippen LogP) is 3.56. The second-order valence-corrected chi connectivity index (χ2v) is 7.14. The Morgan fingerprint density at radius 1 is 1.13 bits per heavy atom. The minimum absolute atomic E-state index is 0.252. The molecule has 1 aromatic carbocycles. The summed E-state index contributed by atoms with van der Waals surface area (Å²) in [5.74, 6) is 1.32. The van der Waals surface area contributed by atoms with Gasteiger partial charge in [0.05, 0.1) is 0 Å². The first-order valence-electron chi connectivity index (χ1n) is 9.35. The van der Waals surface area contributed by atoms with Crippen molar-refractivity contribution < 1.29 is 4.79 Å². The van der Waals surface area contributed by atoms with Gasteiger partial charge in [-0.3, -0.25) is 4.79 Å². The molecule has 0 spiro atoms. The van der Waals surface area contributed by atoms with Gasteiger partial charge in [0.15, 0.2) is 0 Å². The molecule has 1 aliphatic heterocycles. The summed E-state index contributed by atoms with van der Waals surface area (Å²) < 4.78 is 0. The standard InChI is InChI=1S/C20H30N2O/c1-2-14-22(19-12-13-21-15-19)20(23)18-10-8-17(9-11-18)16-6-4-3-5-7-16/h3-7,17-19,21H,2,8-15H2,1H3. The van der Waals surface area contributed by atoms with Gasteiger partial charge >= 0.3 is 0 Å². The van der Waals surface area contributed by atoms with Crippen molar-refractivity contribution in [3.63, 3.8) is 0 Å². The van der Waals surface area contributed by atoms with Crippen molar-refractivity contribution in [2.45, 2.75) is 57.4 Å². The molecule has 0 radical (unpaired) electrons. The van der Waals surface area contributed by atoms with Gasteiger partial charge in [-0.15, -0.1) is 0 Å². The summed E-state index contributed by atoms with van der Waals surface area (Å²) in [5.41, 5.74) is 1.45. The zero-order valence-electron chi connectivity index (χ0n) is 14.3. The summed E-state index contributed by atoms with van der Waals surface area (Å²) in [5, 5.41) is 3.40. The van der Waals surface area contributed by atoms with Crippen LogP contribution < -0.4 is 5.32 Å². The minimum Gasteiger partial charge on any atom is -0.338 e. The third-order valence-electron chi connectivity index (χ3n) is 5.57. The molecule has 1 unspecified atom stereocenters. The van der Waals surface area contributed by atoms with E-state index in [2.05, 4.69) is 47.5 Å². The lowest BCUT2D eigenvalue weighted by molar-refractivity contribution is -0.138. The molecular weight excluding hydrogens is 284 g/mol. The Hall–Kier alpha value is -1.35. The van der Waals surface area contributed by atoms with Crippen LogP contribution in [0.1, 0.15) is 56.9 Å². The van der Waals surface area contributed by atoms with Crippen molar-refractivity contribution in [2.75, 3.05) is 19.6 Å². The van der Waals surface area contributed by atoms with Gasteiger partial charge in [-0.2, -0.15) is 0 Å². The molecule has 0 bridgehead atoms. The number of nitrogens with zero attached hydrogens (tertiary/aromatic N) is 1. The molecule has 1 aliphatic carbocycles. The van der Waals surface area contributed by atoms with E-state index in [0.29, 0.717) is 17.9 Å². The molecule has 0 aromatic heterocycles. The fourth-order valence-corrected chi connectivity index (χ4v) is 4.25. The summed E-state index contributed by atoms with van der Waals surface area (Å²) in [4.78, 5) is 15.2. The first kappa shape index (κ1) is 16.5. The zero-order chi connectivity index (χ0) is 16.1. The van der Waals surface area contributed by atoms with Crippen molar-refractivity contribution >= 4 is 5.91 Å². The summed E-state index contributed by atoms with van der Waals surface area (Å²) in [6.07, 6.45) is 6.59. The number of benzene rings is 1. The third-order valence-corrected chi connectivity index (χ3v) is 5.57. The highest BCUT2D eigenvalue weighted by molar-refractivity contribution is 5.79. The van der Waals surface area contributed by atoms with Crippen molar-refractivity contribution in [3.8, 4) is 0 Å². The van der Waals surface area contributed by atoms with Gasteiger partial charge < -0.3 is 10.2 Å². The first-order valence-corrected chi connectivity index (χ1v) is 9.35. The van der Waals surface area contributed by atoms with E-state index in [-0.39, 0.29) is 5.92 Å². The molecule has 2 aliphatic rings. The summed E-state index contributed by atoms with van der Waals surface area (Å²) in [6, 6.07) is 11.2. The molecule has 1 amide bonds. The highest BCUT2D eigenvalue weighted by Gasteiger charge is 2.33. The maximum absolute atomic E-state index is 13.0. The lowest BCUT2D eigenvalue weighted by Gasteiger charge is -2.35. The number of rotatable bonds is 5. The van der Waals surface area contributed by atoms with Gasteiger partial charge in [-0.05, 0) is 56.6 Å². The molecule has 1 saturated heterocycles. The van der Waals surface area contributed by atoms with Gasteiger partial charge in [-0.1, -0.05) is 37.3 Å². The summed E-state index contributed by atoms with van der Waals surface area (Å²) in [7, 11) is 0. The number of carbonyl (C=O) groups excluding carboxylic acids is 1. The fourth-order valence-electron chi connectivity index (χ4n) is 4.25. The molecule has 23 heavy (non-hydrogen) atoms. The highest BCUT2D eigenvalue weighted by atomic mass is 16.2. The second kappa shape index (κ2) is 7.96. The summed E-state index contributed by atoms with van der Waals surface area (Å²) in [6.45, 7) is 5.13. The predicted molar refractivity (Wildman–Crippen MR) is 94.4 cm³/mol. The van der Waals surface area contributed by atoms with Crippen LogP contribution in [-0.2, 0) is 4.79 Å². The maximum atomic E-state index is 13.0. The molecule has 2 fully saturated rings. The Balaban J connectivity index is 1.58. The maximum Gasteiger partial charge on any atom is 0.225 e. The topological polar surface area (TPSA) is 32.3 Å². The molecule has 3 rings (SSSR count). The summed E-state index contributed by atoms with van der Waals surface area (Å²) >= 11 is 0. The Labute approximate surface area is 140 Å². The Morgan fingerprint density at radius 3 is 2.48 bits per heavy atom. The van der Waals surface area contributed by atoms with E-state index in [9.17, 15) is 4.79 Å². The van der Waals surface area contributed by atoms with Crippen LogP contribution in [-0.4, -0.2) is 36.5 Å². The average molecular weight is 314 g/mol. The number of hydrogen-bond donors (Lipinski definition) is 1. The van der Waals surface area contributed by atoms with E-state index in [1.54, 1.807) is 0 Å². The molecule has 3 heteroatoms. The van der Waals surface area contributed by atoms with E-state index >= 15 is 0 Å². The van der Waals surface area contributed by atoms with Crippen LogP contribution in [0.15, 0.2) is 30.3 Å². The van der Waals surface area contributed by atoms with Crippen LogP contribution in [0.2, 0.25) is 0 Å². The Morgan fingerprint density at radius 2 is 1.87 bits per heavy atom. The molecule has 1 atom stereocenters. The lowest BCUT2D eigenvalue weighted by atomic mass is 9.78. The van der Waals surface area contributed by atoms with Gasteiger partial charge in [0.2, 0.25) is 5.91 Å². The number of amides is 1. The largest absolute Gasteiger partial charge is 0.338 e. The van der Waals surface area contributed by atoms with E-state index in [0.717, 1.165) is 58.2 Å². The second-order valence-electron chi connectivity index (χ2n) is 7.14. The van der Waals surface area contributed by atoms with E-state index in [4.69, 9.17) is 0 Å². The van der Waals surface area contributed by atoms with Crippen LogP contribution >= 0.6 is 0 Å². The molecule has 1 N–H and O–H groups in total. The molecule has 3 nitrogen and oxygen atoms in total. The number of nitrogens with one attached hydrogen (secondary N) is 1. The molecule has 1 aromatic rings. The van der Waals surface area contributed by atoms with Crippen molar-refractivity contribution in [1.29, 1.82) is 0 Å². The molecule has 126 valence electrons. The van der Waals surface area contributed by atoms with Crippen molar-refractivity contribution in [1.82, 2.24) is 10.2 Å². The first-order chi connectivity index (χ1) is 11.3. The fraction of sp³-hybridized carbons (Fsp3) is 0.650. The Bertz CT molecular complexity index is 488. The highest BCUT2D eigenvalue weighted by Crippen LogP contribution is 2.36. The molecule has 1 saturated carbocycles. The van der Waals surface area contributed by atoms with Crippen molar-refractivity contribution in [3.05, 3.63) is 35.9 Å². The monoisotopic (exact) mass is 314 g/mol. The van der Waals surface area contributed by atoms with E-state index in [1.165, 1.54) is 5.56 Å². The SMILES string of the molecule is CCCN(C(=O)C1CCC(c2ccccc2)CC1)C1CCNC1. The van der Waals surface area contributed by atoms with Crippen LogP contribution in [0.25, 0.3) is 0 Å². The van der Waals surface area contributed by atoms with Crippen LogP contribution in [0.5, 0.6) is 0 Å².